The Bertz CT molecular complexity index is 1240. The Kier molecular flexibility index (Phi) is 6.22. The van der Waals surface area contributed by atoms with E-state index in [0.29, 0.717) is 67.8 Å². The van der Waals surface area contributed by atoms with Crippen LogP contribution in [0, 0.1) is 23.4 Å². The minimum Gasteiger partial charge on any atom is -0.393 e. The molecule has 0 saturated heterocycles. The van der Waals surface area contributed by atoms with Crippen LogP contribution in [0.1, 0.15) is 51.0 Å². The third-order valence-corrected chi connectivity index (χ3v) is 6.88. The zero-order valence-electron chi connectivity index (χ0n) is 18.8. The van der Waals surface area contributed by atoms with Gasteiger partial charge in [-0.2, -0.15) is 4.98 Å². The van der Waals surface area contributed by atoms with E-state index in [4.69, 9.17) is 5.73 Å². The molecule has 0 aliphatic heterocycles. The number of nitrogens with one attached hydrogen (secondary N) is 2. The largest absolute Gasteiger partial charge is 0.393 e. The Balaban J connectivity index is 1.52. The molecule has 1 amide bonds. The molecule has 2 aromatic heterocycles. The molecule has 12 heteroatoms. The van der Waals surface area contributed by atoms with Gasteiger partial charge in [-0.25, -0.2) is 23.1 Å². The van der Waals surface area contributed by atoms with Gasteiger partial charge in [-0.1, -0.05) is 0 Å². The molecule has 2 atom stereocenters. The van der Waals surface area contributed by atoms with Crippen LogP contribution in [0.2, 0.25) is 0 Å². The summed E-state index contributed by atoms with van der Waals surface area (Å²) in [6, 6.07) is 1.05. The van der Waals surface area contributed by atoms with E-state index in [9.17, 15) is 23.1 Å². The Labute approximate surface area is 199 Å². The highest BCUT2D eigenvalue weighted by atomic mass is 19.1. The molecule has 2 aliphatic rings. The van der Waals surface area contributed by atoms with Gasteiger partial charge < -0.3 is 21.5 Å². The predicted octanol–water partition coefficient (Wildman–Crippen LogP) is 3.53. The number of aliphatic hydroxyl groups excluding tert-OH is 1. The molecule has 35 heavy (non-hydrogen) atoms. The third kappa shape index (κ3) is 4.75. The number of nitrogens with zero attached hydrogens (tertiary/aromatic N) is 4. The van der Waals surface area contributed by atoms with Crippen LogP contribution in [0.3, 0.4) is 0 Å². The van der Waals surface area contributed by atoms with Crippen LogP contribution in [-0.4, -0.2) is 42.7 Å². The highest BCUT2D eigenvalue weighted by Crippen LogP contribution is 2.37. The number of imidazole rings is 1. The minimum absolute atomic E-state index is 0.0322. The van der Waals surface area contributed by atoms with E-state index >= 15 is 0 Å². The maximum atomic E-state index is 14.4. The smallest absolute Gasteiger partial charge is 0.224 e. The molecule has 2 heterocycles. The summed E-state index contributed by atoms with van der Waals surface area (Å²) < 4.78 is 44.0. The van der Waals surface area contributed by atoms with Crippen LogP contribution in [0.15, 0.2) is 18.3 Å². The van der Waals surface area contributed by atoms with E-state index in [-0.39, 0.29) is 36.0 Å². The third-order valence-electron chi connectivity index (χ3n) is 6.88. The van der Waals surface area contributed by atoms with Gasteiger partial charge >= 0.3 is 0 Å². The van der Waals surface area contributed by atoms with Gasteiger partial charge in [0, 0.05) is 30.1 Å². The van der Waals surface area contributed by atoms with E-state index in [0.717, 1.165) is 6.42 Å². The second-order valence-corrected chi connectivity index (χ2v) is 9.29. The summed E-state index contributed by atoms with van der Waals surface area (Å²) >= 11 is 0. The van der Waals surface area contributed by atoms with E-state index < -0.39 is 23.1 Å². The average molecular weight is 490 g/mol. The van der Waals surface area contributed by atoms with Crippen LogP contribution in [0.5, 0.6) is 0 Å². The van der Waals surface area contributed by atoms with Gasteiger partial charge in [0.2, 0.25) is 17.8 Å². The van der Waals surface area contributed by atoms with Crippen molar-refractivity contribution < 1.29 is 23.1 Å². The zero-order valence-corrected chi connectivity index (χ0v) is 18.8. The van der Waals surface area contributed by atoms with Crippen molar-refractivity contribution in [2.45, 2.75) is 63.1 Å². The van der Waals surface area contributed by atoms with Crippen molar-refractivity contribution in [2.24, 2.45) is 11.7 Å². The molecular weight excluding hydrogens is 463 g/mol. The number of carbonyl (C=O) groups excluding carboxylic acids is 1. The lowest BCUT2D eigenvalue weighted by Crippen LogP contribution is -2.29. The fourth-order valence-electron chi connectivity index (χ4n) is 5.06. The summed E-state index contributed by atoms with van der Waals surface area (Å²) in [5, 5.41) is 15.7. The van der Waals surface area contributed by atoms with Gasteiger partial charge in [-0.3, -0.25) is 9.36 Å². The standard InChI is InChI=1S/C23H26F3N7O2/c24-12-7-16(25)19(17(26)8-12)31-23-30-18-10-28-22(29-13-3-6-15(34)9-13)32-21(18)33(23)14-4-1-11(2-5-14)20(27)35/h7-8,10-11,13-15,34H,1-6,9H2,(H2,27,35)(H,30,31)(H,28,29,32)/t11-,13-,14-,15-/m0/s1. The van der Waals surface area contributed by atoms with Gasteiger partial charge in [0.1, 0.15) is 17.0 Å². The lowest BCUT2D eigenvalue weighted by atomic mass is 9.85. The van der Waals surface area contributed by atoms with E-state index in [1.807, 2.05) is 0 Å². The molecule has 9 nitrogen and oxygen atoms in total. The lowest BCUT2D eigenvalue weighted by Gasteiger charge is -2.29. The first kappa shape index (κ1) is 23.3. The monoisotopic (exact) mass is 489 g/mol. The Morgan fingerprint density at radius 1 is 1.06 bits per heavy atom. The number of fused-ring (bicyclic) bond motifs is 1. The van der Waals surface area contributed by atoms with Crippen molar-refractivity contribution in [1.29, 1.82) is 0 Å². The van der Waals surface area contributed by atoms with Gasteiger partial charge in [-0.05, 0) is 44.9 Å². The maximum absolute atomic E-state index is 14.4. The Morgan fingerprint density at radius 3 is 2.40 bits per heavy atom. The molecule has 1 aromatic carbocycles. The first-order valence-corrected chi connectivity index (χ1v) is 11.7. The number of amides is 1. The van der Waals surface area contributed by atoms with Crippen molar-refractivity contribution in [3.8, 4) is 0 Å². The fraction of sp³-hybridized carbons (Fsp3) is 0.478. The SMILES string of the molecule is NC(=O)[C@H]1CC[C@H](n2c(Nc3c(F)cc(F)cc3F)nc3cnc(N[C@H]4CC[C@H](O)C4)nc32)CC1. The molecule has 2 saturated carbocycles. The Morgan fingerprint density at radius 2 is 1.77 bits per heavy atom. The van der Waals surface area contributed by atoms with Crippen molar-refractivity contribution in [3.05, 3.63) is 35.8 Å². The van der Waals surface area contributed by atoms with E-state index in [2.05, 4.69) is 25.6 Å². The molecule has 3 aromatic rings. The summed E-state index contributed by atoms with van der Waals surface area (Å²) in [7, 11) is 0. The first-order chi connectivity index (χ1) is 16.8. The Hall–Kier alpha value is -3.41. The van der Waals surface area contributed by atoms with Gasteiger partial charge in [-0.15, -0.1) is 0 Å². The molecule has 2 fully saturated rings. The van der Waals surface area contributed by atoms with Crippen LogP contribution < -0.4 is 16.4 Å². The molecule has 5 rings (SSSR count). The number of hydrogen-bond donors (Lipinski definition) is 4. The summed E-state index contributed by atoms with van der Waals surface area (Å²) in [5.41, 5.74) is 5.81. The summed E-state index contributed by atoms with van der Waals surface area (Å²) in [6.45, 7) is 0. The zero-order chi connectivity index (χ0) is 24.7. The number of aliphatic hydroxyl groups is 1. The minimum atomic E-state index is -1.09. The van der Waals surface area contributed by atoms with Gasteiger partial charge in [0.25, 0.3) is 0 Å². The number of anilines is 3. The topological polar surface area (TPSA) is 131 Å². The molecule has 0 bridgehead atoms. The predicted molar refractivity (Wildman–Crippen MR) is 122 cm³/mol. The van der Waals surface area contributed by atoms with E-state index in [1.165, 1.54) is 6.20 Å². The molecule has 0 unspecified atom stereocenters. The molecule has 186 valence electrons. The summed E-state index contributed by atoms with van der Waals surface area (Å²) in [5.74, 6) is -3.30. The summed E-state index contributed by atoms with van der Waals surface area (Å²) in [4.78, 5) is 25.0. The lowest BCUT2D eigenvalue weighted by molar-refractivity contribution is -0.122. The highest BCUT2D eigenvalue weighted by Gasteiger charge is 2.30. The number of carbonyl (C=O) groups is 1. The van der Waals surface area contributed by atoms with Crippen molar-refractivity contribution in [2.75, 3.05) is 10.6 Å². The van der Waals surface area contributed by atoms with Gasteiger partial charge in [0.05, 0.1) is 12.3 Å². The fourth-order valence-corrected chi connectivity index (χ4v) is 5.06. The summed E-state index contributed by atoms with van der Waals surface area (Å²) in [6.07, 6.45) is 5.53. The van der Waals surface area contributed by atoms with Gasteiger partial charge in [0.15, 0.2) is 17.3 Å². The number of rotatable bonds is 6. The molecule has 2 aliphatic carbocycles. The second kappa shape index (κ2) is 9.33. The normalized spacial score (nSPS) is 24.6. The number of primary amides is 1. The first-order valence-electron chi connectivity index (χ1n) is 11.7. The molecular formula is C23H26F3N7O2. The molecule has 0 spiro atoms. The van der Waals surface area contributed by atoms with Crippen LogP contribution >= 0.6 is 0 Å². The number of aromatic nitrogens is 4. The number of nitrogens with two attached hydrogens (primary N) is 1. The average Bonchev–Trinajstić information content (AvgIpc) is 3.38. The highest BCUT2D eigenvalue weighted by molar-refractivity contribution is 5.78. The van der Waals surface area contributed by atoms with Crippen LogP contribution in [-0.2, 0) is 4.79 Å². The second-order valence-electron chi connectivity index (χ2n) is 9.29. The molecule has 5 N–H and O–H groups in total. The van der Waals surface area contributed by atoms with Crippen molar-refractivity contribution >= 4 is 34.7 Å². The molecule has 0 radical (unpaired) electrons. The number of halogens is 3. The van der Waals surface area contributed by atoms with Crippen molar-refractivity contribution in [1.82, 2.24) is 19.5 Å². The van der Waals surface area contributed by atoms with Crippen LogP contribution in [0.25, 0.3) is 11.2 Å². The van der Waals surface area contributed by atoms with Crippen LogP contribution in [0.4, 0.5) is 30.8 Å². The van der Waals surface area contributed by atoms with E-state index in [1.54, 1.807) is 4.57 Å². The maximum Gasteiger partial charge on any atom is 0.224 e. The number of hydrogen-bond acceptors (Lipinski definition) is 7. The number of benzene rings is 1. The quantitative estimate of drug-likeness (QED) is 0.417. The van der Waals surface area contributed by atoms with Crippen molar-refractivity contribution in [3.63, 3.8) is 0 Å².